The molecule has 0 radical (unpaired) electrons. The Hall–Kier alpha value is -4.55. The number of amides is 1. The number of nitrogens with zero attached hydrogens (tertiary/aromatic N) is 4. The molecular formula is C26H20FN5O3. The number of nitriles is 1. The predicted octanol–water partition coefficient (Wildman–Crippen LogP) is 4.42. The zero-order chi connectivity index (χ0) is 24.4. The van der Waals surface area contributed by atoms with E-state index < -0.39 is 5.82 Å². The van der Waals surface area contributed by atoms with E-state index in [0.29, 0.717) is 17.8 Å². The Morgan fingerprint density at radius 2 is 1.91 bits per heavy atom. The summed E-state index contributed by atoms with van der Waals surface area (Å²) in [6, 6.07) is 19.3. The van der Waals surface area contributed by atoms with Gasteiger partial charge in [0.05, 0.1) is 17.7 Å². The van der Waals surface area contributed by atoms with Crippen LogP contribution in [0.5, 0.6) is 0 Å². The molecule has 1 amide bonds. The van der Waals surface area contributed by atoms with Gasteiger partial charge < -0.3 is 19.4 Å². The highest BCUT2D eigenvalue weighted by Gasteiger charge is 2.15. The molecule has 0 unspecified atom stereocenters. The number of para-hydroxylation sites is 1. The van der Waals surface area contributed by atoms with Crippen molar-refractivity contribution in [3.05, 3.63) is 77.9 Å². The fourth-order valence-electron chi connectivity index (χ4n) is 4.18. The van der Waals surface area contributed by atoms with Crippen LogP contribution in [0.1, 0.15) is 17.9 Å². The Kier molecular flexibility index (Phi) is 5.95. The first-order valence-corrected chi connectivity index (χ1v) is 11.0. The van der Waals surface area contributed by atoms with Gasteiger partial charge in [0.15, 0.2) is 0 Å². The van der Waals surface area contributed by atoms with Crippen LogP contribution in [0.25, 0.3) is 33.3 Å². The summed E-state index contributed by atoms with van der Waals surface area (Å²) in [5.74, 6) is -0.409. The first-order valence-electron chi connectivity index (χ1n) is 11.0. The van der Waals surface area contributed by atoms with Crippen LogP contribution in [0, 0.1) is 17.1 Å². The maximum absolute atomic E-state index is 13.4. The number of benzene rings is 3. The number of aliphatic hydroxyl groups is 1. The number of aliphatic hydroxyl groups excluding tert-OH is 1. The zero-order valence-corrected chi connectivity index (χ0v) is 18.5. The van der Waals surface area contributed by atoms with Gasteiger partial charge in [-0.25, -0.2) is 4.39 Å². The maximum Gasteiger partial charge on any atom is 0.249 e. The van der Waals surface area contributed by atoms with Crippen LogP contribution < -0.4 is 5.32 Å². The van der Waals surface area contributed by atoms with E-state index in [0.717, 1.165) is 27.9 Å². The van der Waals surface area contributed by atoms with Gasteiger partial charge in [0.25, 0.3) is 0 Å². The molecule has 0 spiro atoms. The molecule has 0 saturated carbocycles. The van der Waals surface area contributed by atoms with Crippen LogP contribution in [0.2, 0.25) is 0 Å². The summed E-state index contributed by atoms with van der Waals surface area (Å²) in [5, 5.41) is 31.5. The summed E-state index contributed by atoms with van der Waals surface area (Å²) in [7, 11) is 0. The van der Waals surface area contributed by atoms with E-state index in [9.17, 15) is 19.6 Å². The number of halogens is 1. The minimum atomic E-state index is -0.530. The van der Waals surface area contributed by atoms with Crippen LogP contribution >= 0.6 is 0 Å². The van der Waals surface area contributed by atoms with Crippen molar-refractivity contribution >= 4 is 33.4 Å². The largest absolute Gasteiger partial charge is 0.421 e. The van der Waals surface area contributed by atoms with Crippen molar-refractivity contribution in [3.8, 4) is 17.5 Å². The molecule has 8 nitrogen and oxygen atoms in total. The molecule has 9 heteroatoms. The third kappa shape index (κ3) is 4.35. The number of carbonyl (C=O) groups is 1. The smallest absolute Gasteiger partial charge is 0.249 e. The van der Waals surface area contributed by atoms with Gasteiger partial charge in [-0.1, -0.05) is 18.2 Å². The second-order valence-corrected chi connectivity index (χ2v) is 7.98. The van der Waals surface area contributed by atoms with E-state index in [1.165, 1.54) is 12.1 Å². The van der Waals surface area contributed by atoms with Crippen LogP contribution in [-0.2, 0) is 17.8 Å². The van der Waals surface area contributed by atoms with Gasteiger partial charge >= 0.3 is 0 Å². The summed E-state index contributed by atoms with van der Waals surface area (Å²) >= 11 is 0. The molecule has 2 heterocycles. The van der Waals surface area contributed by atoms with Gasteiger partial charge in [0.1, 0.15) is 11.9 Å². The standard InChI is InChI=1S/C26H20FN5O3/c27-17-5-7-19(16(13-17)15-28)26-31-30-25(35-26)10-9-24(34)29-18-6-8-23-21(14-18)20-3-1-2-4-22(20)32(23)11-12-33/h1-8,13-14,33H,9-12H2,(H,29,34). The van der Waals surface area contributed by atoms with Gasteiger partial charge in [-0.2, -0.15) is 5.26 Å². The number of anilines is 1. The Balaban J connectivity index is 1.30. The molecule has 35 heavy (non-hydrogen) atoms. The second kappa shape index (κ2) is 9.37. The van der Waals surface area contributed by atoms with Crippen LogP contribution in [0.15, 0.2) is 65.1 Å². The Morgan fingerprint density at radius 1 is 1.09 bits per heavy atom. The van der Waals surface area contributed by atoms with Gasteiger partial charge in [-0.15, -0.1) is 10.2 Å². The molecule has 5 aromatic rings. The fraction of sp³-hybridized carbons (Fsp3) is 0.154. The Labute approximate surface area is 199 Å². The van der Waals surface area contributed by atoms with Gasteiger partial charge in [-0.3, -0.25) is 4.79 Å². The third-order valence-corrected chi connectivity index (χ3v) is 5.74. The van der Waals surface area contributed by atoms with Crippen molar-refractivity contribution in [2.45, 2.75) is 19.4 Å². The topological polar surface area (TPSA) is 117 Å². The molecule has 2 N–H and O–H groups in total. The van der Waals surface area contributed by atoms with Crippen molar-refractivity contribution in [3.63, 3.8) is 0 Å². The normalized spacial score (nSPS) is 11.1. The third-order valence-electron chi connectivity index (χ3n) is 5.74. The van der Waals surface area contributed by atoms with Crippen molar-refractivity contribution in [2.75, 3.05) is 11.9 Å². The highest BCUT2D eigenvalue weighted by molar-refractivity contribution is 6.09. The van der Waals surface area contributed by atoms with E-state index in [1.807, 2.05) is 48.5 Å². The zero-order valence-electron chi connectivity index (χ0n) is 18.5. The van der Waals surface area contributed by atoms with Crippen molar-refractivity contribution < 1.29 is 18.7 Å². The fourth-order valence-corrected chi connectivity index (χ4v) is 4.18. The average molecular weight is 469 g/mol. The lowest BCUT2D eigenvalue weighted by atomic mass is 10.1. The molecule has 0 bridgehead atoms. The molecule has 3 aromatic carbocycles. The summed E-state index contributed by atoms with van der Waals surface area (Å²) < 4.78 is 21.0. The number of aromatic nitrogens is 3. The molecular weight excluding hydrogens is 449 g/mol. The molecule has 0 aliphatic heterocycles. The molecule has 174 valence electrons. The lowest BCUT2D eigenvalue weighted by molar-refractivity contribution is -0.116. The monoisotopic (exact) mass is 469 g/mol. The average Bonchev–Trinajstić information content (AvgIpc) is 3.46. The molecule has 0 atom stereocenters. The van der Waals surface area contributed by atoms with E-state index in [-0.39, 0.29) is 42.7 Å². The van der Waals surface area contributed by atoms with Crippen LogP contribution in [0.3, 0.4) is 0 Å². The first-order chi connectivity index (χ1) is 17.1. The number of rotatable bonds is 7. The SMILES string of the molecule is N#Cc1cc(F)ccc1-c1nnc(CCC(=O)Nc2ccc3c(c2)c2ccccc2n3CCO)o1. The molecule has 2 aromatic heterocycles. The van der Waals surface area contributed by atoms with Crippen molar-refractivity contribution in [2.24, 2.45) is 0 Å². The van der Waals surface area contributed by atoms with Gasteiger partial charge in [0, 0.05) is 46.9 Å². The lowest BCUT2D eigenvalue weighted by Crippen LogP contribution is -2.12. The van der Waals surface area contributed by atoms with Crippen LogP contribution in [-0.4, -0.2) is 32.4 Å². The van der Waals surface area contributed by atoms with E-state index in [1.54, 1.807) is 0 Å². The number of aryl methyl sites for hydroxylation is 1. The van der Waals surface area contributed by atoms with Gasteiger partial charge in [-0.05, 0) is 42.5 Å². The number of hydrogen-bond donors (Lipinski definition) is 2. The number of nitrogens with one attached hydrogen (secondary N) is 1. The summed E-state index contributed by atoms with van der Waals surface area (Å²) in [6.07, 6.45) is 0.320. The molecule has 0 aliphatic carbocycles. The van der Waals surface area contributed by atoms with E-state index >= 15 is 0 Å². The van der Waals surface area contributed by atoms with Crippen molar-refractivity contribution in [1.82, 2.24) is 14.8 Å². The van der Waals surface area contributed by atoms with E-state index in [4.69, 9.17) is 4.42 Å². The Morgan fingerprint density at radius 3 is 2.74 bits per heavy atom. The minimum absolute atomic E-state index is 0.0304. The second-order valence-electron chi connectivity index (χ2n) is 7.98. The highest BCUT2D eigenvalue weighted by Crippen LogP contribution is 2.31. The molecule has 0 saturated heterocycles. The molecule has 0 aliphatic rings. The maximum atomic E-state index is 13.4. The highest BCUT2D eigenvalue weighted by atomic mass is 19.1. The summed E-state index contributed by atoms with van der Waals surface area (Å²) in [4.78, 5) is 12.6. The molecule has 0 fully saturated rings. The quantitative estimate of drug-likeness (QED) is 0.364. The minimum Gasteiger partial charge on any atom is -0.421 e. The summed E-state index contributed by atoms with van der Waals surface area (Å²) in [5.41, 5.74) is 3.09. The van der Waals surface area contributed by atoms with Crippen molar-refractivity contribution in [1.29, 1.82) is 5.26 Å². The number of carbonyl (C=O) groups excluding carboxylic acids is 1. The molecule has 5 rings (SSSR count). The summed E-state index contributed by atoms with van der Waals surface area (Å²) in [6.45, 7) is 0.512. The first kappa shape index (κ1) is 22.3. The predicted molar refractivity (Wildman–Crippen MR) is 128 cm³/mol. The Bertz CT molecular complexity index is 1600. The number of fused-ring (bicyclic) bond motifs is 3. The van der Waals surface area contributed by atoms with E-state index in [2.05, 4.69) is 20.1 Å². The lowest BCUT2D eigenvalue weighted by Gasteiger charge is -2.07. The van der Waals surface area contributed by atoms with Crippen LogP contribution in [0.4, 0.5) is 10.1 Å². The number of hydrogen-bond acceptors (Lipinski definition) is 6. The van der Waals surface area contributed by atoms with Gasteiger partial charge in [0.2, 0.25) is 17.7 Å².